The molecule has 0 aliphatic rings. The first-order chi connectivity index (χ1) is 10.2. The monoisotopic (exact) mass is 305 g/mol. The summed E-state index contributed by atoms with van der Waals surface area (Å²) in [6, 6.07) is 10.6. The smallest absolute Gasteiger partial charge is 0.230 e. The molecule has 1 aromatic carbocycles. The Morgan fingerprint density at radius 3 is 2.67 bits per heavy atom. The molecule has 2 aromatic rings. The highest BCUT2D eigenvalue weighted by Gasteiger charge is 2.12. The summed E-state index contributed by atoms with van der Waals surface area (Å²) in [7, 11) is 5.66. The molecule has 0 aliphatic carbocycles. The van der Waals surface area contributed by atoms with Crippen molar-refractivity contribution in [1.82, 2.24) is 10.3 Å². The molecule has 0 atom stereocenters. The van der Waals surface area contributed by atoms with Crippen molar-refractivity contribution in [3.63, 3.8) is 0 Å². The minimum absolute atomic E-state index is 0.735. The molecule has 114 valence electrons. The van der Waals surface area contributed by atoms with E-state index >= 15 is 0 Å². The van der Waals surface area contributed by atoms with Crippen molar-refractivity contribution in [3.05, 3.63) is 40.8 Å². The van der Waals surface area contributed by atoms with Crippen LogP contribution in [0.5, 0.6) is 5.88 Å². The lowest BCUT2D eigenvalue weighted by atomic mass is 10.1. The lowest BCUT2D eigenvalue weighted by Crippen LogP contribution is -2.15. The Kier molecular flexibility index (Phi) is 6.02. The number of aryl methyl sites for hydroxylation is 1. The van der Waals surface area contributed by atoms with E-state index in [2.05, 4.69) is 40.6 Å². The van der Waals surface area contributed by atoms with Gasteiger partial charge in [-0.3, -0.25) is 0 Å². The first-order valence-electron chi connectivity index (χ1n) is 7.16. The molecule has 1 N–H and O–H groups in total. The number of benzene rings is 1. The van der Waals surface area contributed by atoms with Crippen LogP contribution in [-0.2, 0) is 13.0 Å². The number of methoxy groups -OCH3 is 1. The lowest BCUT2D eigenvalue weighted by molar-refractivity contribution is 0.394. The highest BCUT2D eigenvalue weighted by atomic mass is 32.1. The summed E-state index contributed by atoms with van der Waals surface area (Å²) in [5.74, 6) is 0.735. The second-order valence-corrected chi connectivity index (χ2v) is 6.15. The van der Waals surface area contributed by atoms with Crippen LogP contribution in [0.15, 0.2) is 30.3 Å². The van der Waals surface area contributed by atoms with Crippen LogP contribution in [0.3, 0.4) is 0 Å². The van der Waals surface area contributed by atoms with Gasteiger partial charge in [0.2, 0.25) is 5.88 Å². The van der Waals surface area contributed by atoms with Crippen molar-refractivity contribution in [3.8, 4) is 5.88 Å². The Morgan fingerprint density at radius 1 is 1.24 bits per heavy atom. The molecular weight excluding hydrogens is 282 g/mol. The van der Waals surface area contributed by atoms with Gasteiger partial charge in [0, 0.05) is 20.6 Å². The van der Waals surface area contributed by atoms with Crippen LogP contribution in [0.1, 0.15) is 16.9 Å². The second-order valence-electron chi connectivity index (χ2n) is 5.09. The lowest BCUT2D eigenvalue weighted by Gasteiger charge is -2.05. The van der Waals surface area contributed by atoms with E-state index in [4.69, 9.17) is 4.74 Å². The first kappa shape index (κ1) is 15.8. The molecule has 1 heterocycles. The predicted molar refractivity (Wildman–Crippen MR) is 89.5 cm³/mol. The van der Waals surface area contributed by atoms with Crippen LogP contribution in [0.4, 0.5) is 5.13 Å². The molecule has 5 heteroatoms. The van der Waals surface area contributed by atoms with E-state index in [1.165, 1.54) is 5.56 Å². The van der Waals surface area contributed by atoms with Gasteiger partial charge in [0.05, 0.1) is 12.0 Å². The highest BCUT2D eigenvalue weighted by molar-refractivity contribution is 7.15. The van der Waals surface area contributed by atoms with E-state index in [0.29, 0.717) is 0 Å². The molecule has 2 rings (SSSR count). The van der Waals surface area contributed by atoms with Gasteiger partial charge in [-0.25, -0.2) is 0 Å². The number of ether oxygens (including phenoxy) is 1. The van der Waals surface area contributed by atoms with E-state index in [1.807, 2.05) is 19.0 Å². The standard InChI is InChI=1S/C16H23N3OS/c1-19(2)16-18-15(20-3)14(21-16)12-17-11-7-10-13-8-5-4-6-9-13/h4-6,8-9,17H,7,10-12H2,1-3H3. The largest absolute Gasteiger partial charge is 0.480 e. The zero-order valence-corrected chi connectivity index (χ0v) is 13.7. The van der Waals surface area contributed by atoms with Gasteiger partial charge in [0.15, 0.2) is 5.13 Å². The Hall–Kier alpha value is -1.59. The summed E-state index contributed by atoms with van der Waals surface area (Å²) in [4.78, 5) is 7.62. The van der Waals surface area contributed by atoms with Crippen LogP contribution >= 0.6 is 11.3 Å². The molecule has 4 nitrogen and oxygen atoms in total. The van der Waals surface area contributed by atoms with E-state index in [0.717, 1.165) is 41.8 Å². The van der Waals surface area contributed by atoms with Crippen LogP contribution in [-0.4, -0.2) is 32.7 Å². The average Bonchev–Trinajstić information content (AvgIpc) is 2.91. The molecule has 0 amide bonds. The third-order valence-electron chi connectivity index (χ3n) is 3.17. The van der Waals surface area contributed by atoms with E-state index in [9.17, 15) is 0 Å². The van der Waals surface area contributed by atoms with Gasteiger partial charge < -0.3 is 15.0 Å². The SMILES string of the molecule is COc1nc(N(C)C)sc1CNCCCc1ccccc1. The van der Waals surface area contributed by atoms with Crippen molar-refractivity contribution in [1.29, 1.82) is 0 Å². The summed E-state index contributed by atoms with van der Waals surface area (Å²) >= 11 is 1.67. The van der Waals surface area contributed by atoms with Gasteiger partial charge in [-0.1, -0.05) is 41.7 Å². The summed E-state index contributed by atoms with van der Waals surface area (Å²) in [5.41, 5.74) is 1.39. The summed E-state index contributed by atoms with van der Waals surface area (Å²) < 4.78 is 5.34. The molecule has 0 unspecified atom stereocenters. The number of aromatic nitrogens is 1. The highest BCUT2D eigenvalue weighted by Crippen LogP contribution is 2.30. The molecule has 0 bridgehead atoms. The Balaban J connectivity index is 1.75. The van der Waals surface area contributed by atoms with Gasteiger partial charge >= 0.3 is 0 Å². The van der Waals surface area contributed by atoms with Gasteiger partial charge in [-0.05, 0) is 24.9 Å². The van der Waals surface area contributed by atoms with Crippen molar-refractivity contribution < 1.29 is 4.74 Å². The molecular formula is C16H23N3OS. The summed E-state index contributed by atoms with van der Waals surface area (Å²) in [6.45, 7) is 1.80. The maximum absolute atomic E-state index is 5.34. The van der Waals surface area contributed by atoms with Crippen LogP contribution in [0.25, 0.3) is 0 Å². The quantitative estimate of drug-likeness (QED) is 0.761. The van der Waals surface area contributed by atoms with Crippen molar-refractivity contribution in [2.24, 2.45) is 0 Å². The first-order valence-corrected chi connectivity index (χ1v) is 7.98. The van der Waals surface area contributed by atoms with Gasteiger partial charge in [-0.15, -0.1) is 0 Å². The van der Waals surface area contributed by atoms with Crippen molar-refractivity contribution in [2.45, 2.75) is 19.4 Å². The van der Waals surface area contributed by atoms with Crippen LogP contribution < -0.4 is 15.0 Å². The van der Waals surface area contributed by atoms with E-state index in [-0.39, 0.29) is 0 Å². The Morgan fingerprint density at radius 2 is 2.00 bits per heavy atom. The normalized spacial score (nSPS) is 10.6. The molecule has 21 heavy (non-hydrogen) atoms. The third-order valence-corrected chi connectivity index (χ3v) is 4.38. The number of anilines is 1. The van der Waals surface area contributed by atoms with E-state index < -0.39 is 0 Å². The molecule has 0 spiro atoms. The minimum Gasteiger partial charge on any atom is -0.480 e. The number of nitrogens with one attached hydrogen (secondary N) is 1. The third kappa shape index (κ3) is 4.72. The molecule has 0 saturated carbocycles. The number of rotatable bonds is 8. The molecule has 0 aliphatic heterocycles. The number of nitrogens with zero attached hydrogens (tertiary/aromatic N) is 2. The molecule has 0 fully saturated rings. The fourth-order valence-electron chi connectivity index (χ4n) is 2.05. The summed E-state index contributed by atoms with van der Waals surface area (Å²) in [5, 5.41) is 4.45. The average molecular weight is 305 g/mol. The topological polar surface area (TPSA) is 37.4 Å². The number of hydrogen-bond donors (Lipinski definition) is 1. The van der Waals surface area contributed by atoms with Gasteiger partial charge in [-0.2, -0.15) is 4.98 Å². The van der Waals surface area contributed by atoms with Crippen molar-refractivity contribution in [2.75, 3.05) is 32.6 Å². The van der Waals surface area contributed by atoms with Crippen molar-refractivity contribution >= 4 is 16.5 Å². The molecule has 1 aromatic heterocycles. The fraction of sp³-hybridized carbons (Fsp3) is 0.438. The second kappa shape index (κ2) is 8.00. The zero-order chi connectivity index (χ0) is 15.1. The van der Waals surface area contributed by atoms with E-state index in [1.54, 1.807) is 18.4 Å². The Bertz CT molecular complexity index is 540. The maximum atomic E-state index is 5.34. The van der Waals surface area contributed by atoms with Gasteiger partial charge in [0.25, 0.3) is 0 Å². The zero-order valence-electron chi connectivity index (χ0n) is 12.9. The van der Waals surface area contributed by atoms with Crippen LogP contribution in [0, 0.1) is 0 Å². The Labute approximate surface area is 130 Å². The number of hydrogen-bond acceptors (Lipinski definition) is 5. The molecule has 0 radical (unpaired) electrons. The fourth-order valence-corrected chi connectivity index (χ4v) is 2.97. The van der Waals surface area contributed by atoms with Gasteiger partial charge in [0.1, 0.15) is 0 Å². The predicted octanol–water partition coefficient (Wildman–Crippen LogP) is 2.94. The maximum Gasteiger partial charge on any atom is 0.230 e. The molecule has 0 saturated heterocycles. The minimum atomic E-state index is 0.735. The van der Waals surface area contributed by atoms with Crippen LogP contribution in [0.2, 0.25) is 0 Å². The summed E-state index contributed by atoms with van der Waals surface area (Å²) in [6.07, 6.45) is 2.24. The number of thiazole rings is 1.